The molecule has 0 radical (unpaired) electrons. The smallest absolute Gasteiger partial charge is 0.336 e. The molecule has 0 spiro atoms. The fraction of sp³-hybridized carbons (Fsp3) is 0.800. The van der Waals surface area contributed by atoms with Gasteiger partial charge in [0.05, 0.1) is 0 Å². The molecule has 1 saturated heterocycles. The highest BCUT2D eigenvalue weighted by Crippen LogP contribution is 2.42. The van der Waals surface area contributed by atoms with Gasteiger partial charge in [0.1, 0.15) is 0 Å². The Morgan fingerprint density at radius 2 is 1.73 bits per heavy atom. The van der Waals surface area contributed by atoms with Gasteiger partial charge in [-0.1, -0.05) is 13.8 Å². The third kappa shape index (κ3) is 1.71. The third-order valence-electron chi connectivity index (χ3n) is 3.13. The summed E-state index contributed by atoms with van der Waals surface area (Å²) >= 11 is 0. The van der Waals surface area contributed by atoms with Gasteiger partial charge in [0.2, 0.25) is 0 Å². The van der Waals surface area contributed by atoms with Gasteiger partial charge in [-0.2, -0.15) is 0 Å². The van der Waals surface area contributed by atoms with Gasteiger partial charge in [0.25, 0.3) is 0 Å². The van der Waals surface area contributed by atoms with E-state index in [-0.39, 0.29) is 18.8 Å². The summed E-state index contributed by atoms with van der Waals surface area (Å²) in [4.78, 5) is 22.1. The number of hydrogen-bond acceptors (Lipinski definition) is 3. The van der Waals surface area contributed by atoms with Crippen molar-refractivity contribution in [3.8, 4) is 0 Å². The van der Waals surface area contributed by atoms with Crippen LogP contribution in [0, 0.1) is 5.92 Å². The van der Waals surface area contributed by atoms with Crippen molar-refractivity contribution in [1.82, 2.24) is 0 Å². The lowest BCUT2D eigenvalue weighted by atomic mass is 9.87. The van der Waals surface area contributed by atoms with Crippen LogP contribution < -0.4 is 0 Å². The first kappa shape index (κ1) is 12.0. The van der Waals surface area contributed by atoms with Gasteiger partial charge in [0.15, 0.2) is 11.2 Å². The first-order valence-electron chi connectivity index (χ1n) is 4.91. The van der Waals surface area contributed by atoms with E-state index in [0.717, 1.165) is 0 Å². The Labute approximate surface area is 88.0 Å². The third-order valence-corrected chi connectivity index (χ3v) is 3.13. The van der Waals surface area contributed by atoms with E-state index in [0.29, 0.717) is 0 Å². The second kappa shape index (κ2) is 3.48. The van der Waals surface area contributed by atoms with Gasteiger partial charge < -0.3 is 14.9 Å². The summed E-state index contributed by atoms with van der Waals surface area (Å²) in [6.07, 6.45) is 0.468. The van der Waals surface area contributed by atoms with Crippen LogP contribution in [0.4, 0.5) is 0 Å². The summed E-state index contributed by atoms with van der Waals surface area (Å²) in [6.45, 7) is 4.87. The number of carbonyl (C=O) groups is 2. The van der Waals surface area contributed by atoms with E-state index in [4.69, 9.17) is 14.9 Å². The van der Waals surface area contributed by atoms with Crippen LogP contribution in [-0.2, 0) is 14.3 Å². The van der Waals surface area contributed by atoms with Gasteiger partial charge in [0, 0.05) is 0 Å². The molecule has 1 aliphatic heterocycles. The van der Waals surface area contributed by atoms with Crippen molar-refractivity contribution in [1.29, 1.82) is 0 Å². The maximum absolute atomic E-state index is 11.2. The molecule has 0 aromatic heterocycles. The molecular formula is C10H16O5. The molecule has 1 fully saturated rings. The van der Waals surface area contributed by atoms with E-state index in [9.17, 15) is 9.59 Å². The molecule has 15 heavy (non-hydrogen) atoms. The minimum atomic E-state index is -1.37. The van der Waals surface area contributed by atoms with Gasteiger partial charge >= 0.3 is 11.9 Å². The molecule has 0 aliphatic carbocycles. The van der Waals surface area contributed by atoms with Crippen LogP contribution in [0.25, 0.3) is 0 Å². The summed E-state index contributed by atoms with van der Waals surface area (Å²) in [5.41, 5.74) is -2.73. The zero-order valence-electron chi connectivity index (χ0n) is 9.11. The molecule has 2 N–H and O–H groups in total. The van der Waals surface area contributed by atoms with Gasteiger partial charge in [-0.3, -0.25) is 0 Å². The average Bonchev–Trinajstić information content (AvgIpc) is 2.46. The van der Waals surface area contributed by atoms with E-state index >= 15 is 0 Å². The largest absolute Gasteiger partial charge is 0.479 e. The van der Waals surface area contributed by atoms with Crippen LogP contribution in [0.3, 0.4) is 0 Å². The van der Waals surface area contributed by atoms with Crippen molar-refractivity contribution in [2.75, 3.05) is 0 Å². The summed E-state index contributed by atoms with van der Waals surface area (Å²) in [7, 11) is 0. The Bertz CT molecular complexity index is 298. The molecule has 5 nitrogen and oxygen atoms in total. The first-order chi connectivity index (χ1) is 6.74. The standard InChI is InChI=1S/C10H16O5/c1-6(2)10(8(13)14)5-4-9(3,15-10)7(11)12/h6H,4-5H2,1-3H3,(H,11,12)(H,13,14)/t9-,10-/m1/s1. The highest BCUT2D eigenvalue weighted by Gasteiger charge is 2.56. The normalized spacial score (nSPS) is 35.7. The van der Waals surface area contributed by atoms with Crippen LogP contribution in [0.5, 0.6) is 0 Å². The molecule has 5 heteroatoms. The molecule has 0 aromatic carbocycles. The Hall–Kier alpha value is -1.10. The first-order valence-corrected chi connectivity index (χ1v) is 4.91. The van der Waals surface area contributed by atoms with E-state index in [1.807, 2.05) is 0 Å². The molecule has 0 aromatic rings. The topological polar surface area (TPSA) is 83.8 Å². The number of carboxylic acids is 2. The van der Waals surface area contributed by atoms with Crippen molar-refractivity contribution in [2.45, 2.75) is 44.8 Å². The molecule has 1 heterocycles. The SMILES string of the molecule is CC(C)[C@@]1(C(=O)O)CC[C@](C)(C(=O)O)O1. The maximum atomic E-state index is 11.2. The second-order valence-corrected chi connectivity index (χ2v) is 4.49. The van der Waals surface area contributed by atoms with Crippen LogP contribution in [0.2, 0.25) is 0 Å². The Morgan fingerprint density at radius 1 is 1.20 bits per heavy atom. The van der Waals surface area contributed by atoms with Crippen molar-refractivity contribution in [3.63, 3.8) is 0 Å². The van der Waals surface area contributed by atoms with Crippen LogP contribution in [0.15, 0.2) is 0 Å². The molecular weight excluding hydrogens is 200 g/mol. The zero-order chi connectivity index (χ0) is 11.9. The van der Waals surface area contributed by atoms with Gasteiger partial charge in [-0.25, -0.2) is 9.59 Å². The number of ether oxygens (including phenoxy) is 1. The number of rotatable bonds is 3. The monoisotopic (exact) mass is 216 g/mol. The van der Waals surface area contributed by atoms with Crippen molar-refractivity contribution in [3.05, 3.63) is 0 Å². The highest BCUT2D eigenvalue weighted by atomic mass is 16.6. The lowest BCUT2D eigenvalue weighted by Gasteiger charge is -2.30. The average molecular weight is 216 g/mol. The summed E-state index contributed by atoms with van der Waals surface area (Å²) in [6, 6.07) is 0. The molecule has 1 rings (SSSR count). The second-order valence-electron chi connectivity index (χ2n) is 4.49. The Morgan fingerprint density at radius 3 is 1.93 bits per heavy atom. The highest BCUT2D eigenvalue weighted by molar-refractivity contribution is 5.82. The van der Waals surface area contributed by atoms with Crippen molar-refractivity contribution < 1.29 is 24.5 Å². The van der Waals surface area contributed by atoms with Crippen molar-refractivity contribution in [2.24, 2.45) is 5.92 Å². The minimum absolute atomic E-state index is 0.229. The molecule has 0 unspecified atom stereocenters. The van der Waals surface area contributed by atoms with Crippen molar-refractivity contribution >= 4 is 11.9 Å². The molecule has 2 atom stereocenters. The van der Waals surface area contributed by atoms with Gasteiger partial charge in [-0.15, -0.1) is 0 Å². The van der Waals surface area contributed by atoms with E-state index in [1.165, 1.54) is 6.92 Å². The molecule has 0 saturated carbocycles. The number of carboxylic acid groups (broad SMARTS) is 2. The minimum Gasteiger partial charge on any atom is -0.479 e. The Kier molecular flexibility index (Phi) is 2.78. The van der Waals surface area contributed by atoms with Crippen LogP contribution in [-0.4, -0.2) is 33.4 Å². The van der Waals surface area contributed by atoms with E-state index in [2.05, 4.69) is 0 Å². The Balaban J connectivity index is 3.00. The lowest BCUT2D eigenvalue weighted by molar-refractivity contribution is -0.190. The predicted octanol–water partition coefficient (Wildman–Crippen LogP) is 1.12. The number of aliphatic carboxylic acids is 2. The zero-order valence-corrected chi connectivity index (χ0v) is 9.11. The summed E-state index contributed by atoms with van der Waals surface area (Å²) in [5.74, 6) is -2.44. The van der Waals surface area contributed by atoms with Crippen LogP contribution >= 0.6 is 0 Å². The van der Waals surface area contributed by atoms with Crippen LogP contribution in [0.1, 0.15) is 33.6 Å². The van der Waals surface area contributed by atoms with E-state index in [1.54, 1.807) is 13.8 Å². The fourth-order valence-corrected chi connectivity index (χ4v) is 1.88. The molecule has 0 amide bonds. The van der Waals surface area contributed by atoms with Gasteiger partial charge in [-0.05, 0) is 25.7 Å². The number of hydrogen-bond donors (Lipinski definition) is 2. The lowest BCUT2D eigenvalue weighted by Crippen LogP contribution is -2.47. The predicted molar refractivity (Wildman–Crippen MR) is 51.6 cm³/mol. The maximum Gasteiger partial charge on any atom is 0.336 e. The quantitative estimate of drug-likeness (QED) is 0.738. The van der Waals surface area contributed by atoms with E-state index < -0.39 is 23.1 Å². The fourth-order valence-electron chi connectivity index (χ4n) is 1.88. The summed E-state index contributed by atoms with van der Waals surface area (Å²) in [5, 5.41) is 18.1. The molecule has 0 bridgehead atoms. The molecule has 1 aliphatic rings. The summed E-state index contributed by atoms with van der Waals surface area (Å²) < 4.78 is 5.32. The molecule has 86 valence electrons.